The van der Waals surface area contributed by atoms with Crippen LogP contribution in [0.2, 0.25) is 0 Å². The van der Waals surface area contributed by atoms with Crippen LogP contribution < -0.4 is 15.4 Å². The number of rotatable bonds is 8. The van der Waals surface area contributed by atoms with E-state index in [1.165, 1.54) is 0 Å². The summed E-state index contributed by atoms with van der Waals surface area (Å²) in [6.07, 6.45) is 1.47. The van der Waals surface area contributed by atoms with Crippen molar-refractivity contribution in [2.75, 3.05) is 25.6 Å². The number of hydrogen-bond acceptors (Lipinski definition) is 4. The number of aliphatic hydroxyl groups excluding tert-OH is 1. The first kappa shape index (κ1) is 16.5. The molecule has 5 heteroatoms. The van der Waals surface area contributed by atoms with Gasteiger partial charge in [0.15, 0.2) is 0 Å². The van der Waals surface area contributed by atoms with Gasteiger partial charge in [-0.05, 0) is 44.0 Å². The van der Waals surface area contributed by atoms with Crippen LogP contribution in [0.3, 0.4) is 0 Å². The molecule has 3 N–H and O–H groups in total. The molecule has 0 aliphatic carbocycles. The Labute approximate surface area is 120 Å². The van der Waals surface area contributed by atoms with Crippen molar-refractivity contribution in [1.29, 1.82) is 0 Å². The lowest BCUT2D eigenvalue weighted by Crippen LogP contribution is -2.46. The van der Waals surface area contributed by atoms with E-state index in [-0.39, 0.29) is 24.6 Å². The fourth-order valence-corrected chi connectivity index (χ4v) is 1.81. The van der Waals surface area contributed by atoms with Gasteiger partial charge in [-0.2, -0.15) is 0 Å². The molecule has 1 unspecified atom stereocenters. The Morgan fingerprint density at radius 2 is 2.00 bits per heavy atom. The van der Waals surface area contributed by atoms with Crippen LogP contribution in [0.5, 0.6) is 5.75 Å². The lowest BCUT2D eigenvalue weighted by Gasteiger charge is -2.28. The van der Waals surface area contributed by atoms with Gasteiger partial charge in [0.2, 0.25) is 5.91 Å². The highest BCUT2D eigenvalue weighted by atomic mass is 16.5. The first-order valence-corrected chi connectivity index (χ1v) is 6.83. The van der Waals surface area contributed by atoms with Crippen molar-refractivity contribution in [3.05, 3.63) is 24.3 Å². The highest BCUT2D eigenvalue weighted by Crippen LogP contribution is 2.15. The molecule has 5 nitrogen and oxygen atoms in total. The van der Waals surface area contributed by atoms with E-state index in [2.05, 4.69) is 10.6 Å². The summed E-state index contributed by atoms with van der Waals surface area (Å²) in [5, 5.41) is 15.0. The maximum Gasteiger partial charge on any atom is 0.238 e. The average molecular weight is 280 g/mol. The van der Waals surface area contributed by atoms with Crippen LogP contribution in [0.1, 0.15) is 26.7 Å². The fourth-order valence-electron chi connectivity index (χ4n) is 1.81. The zero-order valence-corrected chi connectivity index (χ0v) is 12.4. The van der Waals surface area contributed by atoms with Crippen LogP contribution in [0.15, 0.2) is 24.3 Å². The summed E-state index contributed by atoms with van der Waals surface area (Å²) in [4.78, 5) is 11.9. The quantitative estimate of drug-likeness (QED) is 0.679. The molecule has 0 spiro atoms. The third-order valence-electron chi connectivity index (χ3n) is 3.49. The van der Waals surface area contributed by atoms with Gasteiger partial charge in [-0.15, -0.1) is 0 Å². The lowest BCUT2D eigenvalue weighted by atomic mass is 9.95. The minimum absolute atomic E-state index is 0.104. The van der Waals surface area contributed by atoms with Gasteiger partial charge >= 0.3 is 0 Å². The Bertz CT molecular complexity index is 420. The van der Waals surface area contributed by atoms with Crippen molar-refractivity contribution >= 4 is 11.6 Å². The zero-order valence-electron chi connectivity index (χ0n) is 12.4. The second-order valence-corrected chi connectivity index (χ2v) is 5.02. The van der Waals surface area contributed by atoms with E-state index in [1.54, 1.807) is 31.4 Å². The van der Waals surface area contributed by atoms with E-state index in [0.29, 0.717) is 6.42 Å². The van der Waals surface area contributed by atoms with Crippen LogP contribution in [0.25, 0.3) is 0 Å². The van der Waals surface area contributed by atoms with E-state index in [9.17, 15) is 4.79 Å². The summed E-state index contributed by atoms with van der Waals surface area (Å²) in [6.45, 7) is 4.36. The number of amides is 1. The highest BCUT2D eigenvalue weighted by molar-refractivity contribution is 5.92. The minimum Gasteiger partial charge on any atom is -0.497 e. The van der Waals surface area contributed by atoms with Gasteiger partial charge in [0.05, 0.1) is 13.7 Å². The van der Waals surface area contributed by atoms with Crippen LogP contribution in [0.4, 0.5) is 5.69 Å². The molecule has 0 aliphatic rings. The molecule has 1 rings (SSSR count). The smallest absolute Gasteiger partial charge is 0.238 e. The number of benzene rings is 1. The minimum atomic E-state index is -0.216. The summed E-state index contributed by atoms with van der Waals surface area (Å²) in [6, 6.07) is 7.18. The number of hydrogen-bond donors (Lipinski definition) is 3. The number of anilines is 1. The lowest BCUT2D eigenvalue weighted by molar-refractivity contribution is -0.115. The van der Waals surface area contributed by atoms with Gasteiger partial charge in [0, 0.05) is 17.8 Å². The summed E-state index contributed by atoms with van der Waals surface area (Å²) in [7, 11) is 1.60. The van der Waals surface area contributed by atoms with Crippen molar-refractivity contribution in [1.82, 2.24) is 5.32 Å². The number of methoxy groups -OCH3 is 1. The number of aliphatic hydroxyl groups is 1. The normalized spacial score (nSPS) is 13.6. The third kappa shape index (κ3) is 5.19. The molecule has 112 valence electrons. The Hall–Kier alpha value is -1.59. The molecular formula is C15H24N2O3. The number of carbonyl (C=O) groups excluding carboxylic acids is 1. The van der Waals surface area contributed by atoms with Crippen molar-refractivity contribution in [3.63, 3.8) is 0 Å². The number of carbonyl (C=O) groups is 1. The van der Waals surface area contributed by atoms with E-state index in [4.69, 9.17) is 9.84 Å². The van der Waals surface area contributed by atoms with Gasteiger partial charge in [-0.1, -0.05) is 6.92 Å². The predicted molar refractivity (Wildman–Crippen MR) is 80.0 cm³/mol. The Morgan fingerprint density at radius 3 is 2.50 bits per heavy atom. The largest absolute Gasteiger partial charge is 0.497 e. The van der Waals surface area contributed by atoms with Crippen LogP contribution >= 0.6 is 0 Å². The van der Waals surface area contributed by atoms with Crippen molar-refractivity contribution < 1.29 is 14.6 Å². The molecule has 1 aromatic rings. The van der Waals surface area contributed by atoms with E-state index >= 15 is 0 Å². The fraction of sp³-hybridized carbons (Fsp3) is 0.533. The molecule has 0 radical (unpaired) electrons. The Kier molecular flexibility index (Phi) is 6.48. The van der Waals surface area contributed by atoms with Crippen LogP contribution in [0, 0.1) is 0 Å². The second kappa shape index (κ2) is 7.87. The monoisotopic (exact) mass is 280 g/mol. The summed E-state index contributed by atoms with van der Waals surface area (Å²) in [5.74, 6) is 0.649. The Balaban J connectivity index is 2.46. The predicted octanol–water partition coefficient (Wildman–Crippen LogP) is 1.77. The van der Waals surface area contributed by atoms with Crippen molar-refractivity contribution in [2.45, 2.75) is 32.2 Å². The summed E-state index contributed by atoms with van der Waals surface area (Å²) < 4.78 is 5.06. The first-order chi connectivity index (χ1) is 9.53. The molecule has 1 aromatic carbocycles. The molecule has 1 atom stereocenters. The SMILES string of the molecule is CCC(C)(CCO)NCC(=O)Nc1ccc(OC)cc1. The van der Waals surface area contributed by atoms with Crippen molar-refractivity contribution in [2.24, 2.45) is 0 Å². The topological polar surface area (TPSA) is 70.6 Å². The van der Waals surface area contributed by atoms with Gasteiger partial charge < -0.3 is 20.5 Å². The molecule has 0 fully saturated rings. The molecule has 0 bridgehead atoms. The Morgan fingerprint density at radius 1 is 1.35 bits per heavy atom. The highest BCUT2D eigenvalue weighted by Gasteiger charge is 2.21. The average Bonchev–Trinajstić information content (AvgIpc) is 2.46. The van der Waals surface area contributed by atoms with Gasteiger partial charge in [0.1, 0.15) is 5.75 Å². The summed E-state index contributed by atoms with van der Waals surface area (Å²) >= 11 is 0. The molecule has 0 saturated carbocycles. The van der Waals surface area contributed by atoms with Gasteiger partial charge in [-0.25, -0.2) is 0 Å². The van der Waals surface area contributed by atoms with Crippen molar-refractivity contribution in [3.8, 4) is 5.75 Å². The van der Waals surface area contributed by atoms with Gasteiger partial charge in [0.25, 0.3) is 0 Å². The first-order valence-electron chi connectivity index (χ1n) is 6.83. The maximum absolute atomic E-state index is 11.9. The standard InChI is InChI=1S/C15H24N2O3/c1-4-15(2,9-10-18)16-11-14(19)17-12-5-7-13(20-3)8-6-12/h5-8,16,18H,4,9-11H2,1-3H3,(H,17,19). The summed E-state index contributed by atoms with van der Waals surface area (Å²) in [5.41, 5.74) is 0.518. The molecule has 1 amide bonds. The maximum atomic E-state index is 11.9. The molecular weight excluding hydrogens is 256 g/mol. The molecule has 20 heavy (non-hydrogen) atoms. The van der Waals surface area contributed by atoms with Gasteiger partial charge in [-0.3, -0.25) is 4.79 Å². The molecule has 0 saturated heterocycles. The number of ether oxygens (including phenoxy) is 1. The van der Waals surface area contributed by atoms with Crippen LogP contribution in [-0.2, 0) is 4.79 Å². The van der Waals surface area contributed by atoms with E-state index < -0.39 is 0 Å². The number of nitrogens with one attached hydrogen (secondary N) is 2. The second-order valence-electron chi connectivity index (χ2n) is 5.02. The molecule has 0 aromatic heterocycles. The molecule has 0 heterocycles. The van der Waals surface area contributed by atoms with E-state index in [1.807, 2.05) is 13.8 Å². The van der Waals surface area contributed by atoms with E-state index in [0.717, 1.165) is 17.9 Å². The van der Waals surface area contributed by atoms with Crippen LogP contribution in [-0.4, -0.2) is 36.8 Å². The third-order valence-corrected chi connectivity index (χ3v) is 3.49. The zero-order chi connectivity index (χ0) is 15.0. The molecule has 0 aliphatic heterocycles.